The molecule has 7 rings (SSSR count). The monoisotopic (exact) mass is 668 g/mol. The minimum atomic E-state index is -0.875. The Labute approximate surface area is 296 Å². The summed E-state index contributed by atoms with van der Waals surface area (Å²) in [7, 11) is 0. The van der Waals surface area contributed by atoms with E-state index in [4.69, 9.17) is 11.5 Å². The van der Waals surface area contributed by atoms with E-state index in [0.717, 1.165) is 117 Å². The molecule has 6 aromatic carbocycles. The molecule has 0 bridgehead atoms. The molecule has 0 unspecified atom stereocenters. The zero-order chi connectivity index (χ0) is 35.1. The van der Waals surface area contributed by atoms with Crippen LogP contribution in [0, 0.1) is 0 Å². The zero-order valence-electron chi connectivity index (χ0n) is 30.0. The Morgan fingerprint density at radius 3 is 1.08 bits per heavy atom. The Morgan fingerprint density at radius 2 is 0.780 bits per heavy atom. The number of fused-ring (bicyclic) bond motifs is 4. The highest BCUT2D eigenvalue weighted by atomic mass is 16.3. The van der Waals surface area contributed by atoms with Crippen LogP contribution in [-0.2, 0) is 0 Å². The molecule has 0 radical (unpaired) electrons. The van der Waals surface area contributed by atoms with Crippen LogP contribution in [0.3, 0.4) is 0 Å². The van der Waals surface area contributed by atoms with Gasteiger partial charge in [0.15, 0.2) is 0 Å². The summed E-state index contributed by atoms with van der Waals surface area (Å²) >= 11 is 0. The number of aliphatic hydroxyl groups excluding tert-OH is 2. The molecule has 0 aromatic heterocycles. The van der Waals surface area contributed by atoms with E-state index in [0.29, 0.717) is 11.4 Å². The summed E-state index contributed by atoms with van der Waals surface area (Å²) in [6.07, 6.45) is 2.35. The quantitative estimate of drug-likeness (QED) is 0.0766. The molecule has 0 atom stereocenters. The van der Waals surface area contributed by atoms with Gasteiger partial charge in [-0.05, 0) is 106 Å². The molecule has 0 saturated heterocycles. The average molecular weight is 669 g/mol. The number of anilines is 4. The number of nitrogens with zero attached hydrogens (tertiary/aromatic N) is 2. The largest absolute Gasteiger partial charge is 0.398 e. The molecule has 0 aliphatic heterocycles. The van der Waals surface area contributed by atoms with E-state index in [-0.39, 0.29) is 0 Å². The first kappa shape index (κ1) is 34.0. The summed E-state index contributed by atoms with van der Waals surface area (Å²) < 4.78 is 0. The van der Waals surface area contributed by atoms with Crippen LogP contribution in [0.15, 0.2) is 84.9 Å². The number of benzene rings is 6. The van der Waals surface area contributed by atoms with Gasteiger partial charge in [0, 0.05) is 71.5 Å². The predicted molar refractivity (Wildman–Crippen MR) is 215 cm³/mol. The van der Waals surface area contributed by atoms with Gasteiger partial charge in [-0.25, -0.2) is 0 Å². The molecular formula is C44H52N4O2. The number of hydrogen-bond acceptors (Lipinski definition) is 6. The van der Waals surface area contributed by atoms with E-state index >= 15 is 0 Å². The fraction of sp³-hybridized carbons (Fsp3) is 0.364. The average Bonchev–Trinajstić information content (AvgIpc) is 3.12. The Bertz CT molecular complexity index is 2000. The lowest BCUT2D eigenvalue weighted by Crippen LogP contribution is -2.52. The van der Waals surface area contributed by atoms with E-state index in [9.17, 15) is 10.2 Å². The molecule has 0 spiro atoms. The van der Waals surface area contributed by atoms with Crippen molar-refractivity contribution in [3.63, 3.8) is 0 Å². The van der Waals surface area contributed by atoms with Gasteiger partial charge in [-0.15, -0.1) is 0 Å². The fourth-order valence-electron chi connectivity index (χ4n) is 8.71. The molecule has 1 aliphatic rings. The summed E-state index contributed by atoms with van der Waals surface area (Å²) in [6, 6.07) is 29.8. The highest BCUT2D eigenvalue weighted by Gasteiger charge is 2.53. The van der Waals surface area contributed by atoms with Crippen molar-refractivity contribution < 1.29 is 10.2 Å². The van der Waals surface area contributed by atoms with Gasteiger partial charge < -0.3 is 31.5 Å². The lowest BCUT2D eigenvalue weighted by atomic mass is 9.61. The van der Waals surface area contributed by atoms with Crippen molar-refractivity contribution >= 4 is 65.8 Å². The van der Waals surface area contributed by atoms with Crippen LogP contribution < -0.4 is 21.3 Å². The van der Waals surface area contributed by atoms with Crippen LogP contribution in [0.1, 0.15) is 76.3 Å². The van der Waals surface area contributed by atoms with Crippen LogP contribution >= 0.6 is 0 Å². The molecule has 1 aliphatic carbocycles. The van der Waals surface area contributed by atoms with Gasteiger partial charge in [0.2, 0.25) is 0 Å². The molecule has 260 valence electrons. The molecule has 50 heavy (non-hydrogen) atoms. The molecule has 0 amide bonds. The topological polar surface area (TPSA) is 99.0 Å². The van der Waals surface area contributed by atoms with Crippen LogP contribution in [0.5, 0.6) is 0 Å². The van der Waals surface area contributed by atoms with Gasteiger partial charge in [-0.2, -0.15) is 0 Å². The van der Waals surface area contributed by atoms with Crippen molar-refractivity contribution in [2.45, 2.75) is 77.4 Å². The van der Waals surface area contributed by atoms with Gasteiger partial charge in [0.05, 0.1) is 12.2 Å². The van der Waals surface area contributed by atoms with Gasteiger partial charge in [-0.1, -0.05) is 76.2 Å². The maximum absolute atomic E-state index is 12.2. The fourth-order valence-corrected chi connectivity index (χ4v) is 8.71. The normalized spacial score (nSPS) is 19.0. The Balaban J connectivity index is 1.39. The molecule has 6 nitrogen and oxygen atoms in total. The van der Waals surface area contributed by atoms with Gasteiger partial charge >= 0.3 is 0 Å². The summed E-state index contributed by atoms with van der Waals surface area (Å²) in [5, 5.41) is 33.2. The minimum absolute atomic E-state index is 0.560. The summed E-state index contributed by atoms with van der Waals surface area (Å²) in [5.41, 5.74) is 19.1. The van der Waals surface area contributed by atoms with Crippen molar-refractivity contribution in [1.29, 1.82) is 0 Å². The van der Waals surface area contributed by atoms with Gasteiger partial charge in [0.25, 0.3) is 0 Å². The third-order valence-electron chi connectivity index (χ3n) is 10.9. The Hall–Kier alpha value is -4.52. The lowest BCUT2D eigenvalue weighted by Gasteiger charge is -2.48. The molecular weight excluding hydrogens is 617 g/mol. The first-order valence-electron chi connectivity index (χ1n) is 18.7. The first-order valence-corrected chi connectivity index (χ1v) is 18.7. The molecule has 6 heteroatoms. The van der Waals surface area contributed by atoms with E-state index in [1.165, 1.54) is 0 Å². The first-order chi connectivity index (χ1) is 24.3. The number of nitrogen functional groups attached to an aromatic ring is 2. The number of aliphatic hydroxyl groups is 2. The van der Waals surface area contributed by atoms with Crippen molar-refractivity contribution in [3.05, 3.63) is 96.1 Å². The predicted octanol–water partition coefficient (Wildman–Crippen LogP) is 9.32. The second kappa shape index (κ2) is 14.0. The van der Waals surface area contributed by atoms with Crippen molar-refractivity contribution in [2.75, 3.05) is 47.4 Å². The lowest BCUT2D eigenvalue weighted by molar-refractivity contribution is -0.0770. The third kappa shape index (κ3) is 5.69. The van der Waals surface area contributed by atoms with Gasteiger partial charge in [0.1, 0.15) is 0 Å². The van der Waals surface area contributed by atoms with E-state index in [1.807, 2.05) is 12.1 Å². The molecule has 6 aromatic rings. The van der Waals surface area contributed by atoms with Gasteiger partial charge in [-0.3, -0.25) is 0 Å². The number of nitrogens with two attached hydrogens (primary N) is 2. The molecule has 1 fully saturated rings. The smallest absolute Gasteiger partial charge is 0.0729 e. The summed E-state index contributed by atoms with van der Waals surface area (Å²) in [5.74, 6) is -1.12. The van der Waals surface area contributed by atoms with Crippen molar-refractivity contribution in [1.82, 2.24) is 0 Å². The Kier molecular flexibility index (Phi) is 9.51. The second-order valence-corrected chi connectivity index (χ2v) is 14.3. The summed E-state index contributed by atoms with van der Waals surface area (Å²) in [4.78, 5) is 4.85. The van der Waals surface area contributed by atoms with E-state index in [1.54, 1.807) is 0 Å². The van der Waals surface area contributed by atoms with Crippen LogP contribution in [0.25, 0.3) is 43.1 Å². The number of rotatable bonds is 12. The van der Waals surface area contributed by atoms with E-state index in [2.05, 4.69) is 110 Å². The van der Waals surface area contributed by atoms with E-state index < -0.39 is 24.0 Å². The summed E-state index contributed by atoms with van der Waals surface area (Å²) in [6.45, 7) is 12.5. The number of hydrogen-bond donors (Lipinski definition) is 4. The highest BCUT2D eigenvalue weighted by molar-refractivity contribution is 6.09. The minimum Gasteiger partial charge on any atom is -0.398 e. The van der Waals surface area contributed by atoms with Crippen LogP contribution in [0.4, 0.5) is 22.7 Å². The second-order valence-electron chi connectivity index (χ2n) is 14.3. The maximum Gasteiger partial charge on any atom is 0.0729 e. The van der Waals surface area contributed by atoms with Crippen LogP contribution in [-0.4, -0.2) is 48.6 Å². The SMILES string of the molecule is CCCN(CCC)c1cc(N)c(C2C(O)C(c3c(N)cc(N(CCC)CCC)c4cc5ccccc5cc34)C2O)c2cc3ccccc3cc12. The third-order valence-corrected chi connectivity index (χ3v) is 10.9. The molecule has 1 saturated carbocycles. The zero-order valence-corrected chi connectivity index (χ0v) is 30.0. The van der Waals surface area contributed by atoms with Crippen molar-refractivity contribution in [2.24, 2.45) is 0 Å². The van der Waals surface area contributed by atoms with Crippen molar-refractivity contribution in [3.8, 4) is 0 Å². The maximum atomic E-state index is 12.2. The molecule has 6 N–H and O–H groups in total. The molecule has 0 heterocycles. The Morgan fingerprint density at radius 1 is 0.480 bits per heavy atom. The standard InChI is InChI=1S/C44H52N4O2/c1-5-17-47(18-6-2)37-25-35(45)39(33-23-29-15-11-9-13-27(29)21-31(33)37)41-43(49)42(44(41)50)40-34-24-30-16-12-10-14-28(30)22-32(34)38(26-36(40)46)48(19-7-3)20-8-4/h9-16,21-26,41-44,49-50H,5-8,17-20,45-46H2,1-4H3. The van der Waals surface area contributed by atoms with Crippen LogP contribution in [0.2, 0.25) is 0 Å². The highest BCUT2D eigenvalue weighted by Crippen LogP contribution is 2.55.